The largest absolute Gasteiger partial charge is 0.393 e. The van der Waals surface area contributed by atoms with Crippen molar-refractivity contribution in [2.24, 2.45) is 5.92 Å². The number of nitrogens with zero attached hydrogens (tertiary/aromatic N) is 1. The maximum absolute atomic E-state index is 9.66. The number of hydrogen-bond acceptors (Lipinski definition) is 3. The van der Waals surface area contributed by atoms with Crippen molar-refractivity contribution in [2.45, 2.75) is 56.8 Å². The Morgan fingerprint density at radius 1 is 1.50 bits per heavy atom. The molecule has 1 aliphatic carbocycles. The third-order valence-corrected chi connectivity index (χ3v) is 3.54. The molecule has 0 aromatic carbocycles. The predicted octanol–water partition coefficient (Wildman–Crippen LogP) is 2.16. The Morgan fingerprint density at radius 2 is 2.38 bits per heavy atom. The lowest BCUT2D eigenvalue weighted by atomic mass is 9.90. The molecule has 16 heavy (non-hydrogen) atoms. The molecule has 3 unspecified atom stereocenters. The van der Waals surface area contributed by atoms with Gasteiger partial charge in [0.2, 0.25) is 0 Å². The zero-order chi connectivity index (χ0) is 11.4. The molecular weight excluding hydrogens is 202 g/mol. The van der Waals surface area contributed by atoms with Crippen LogP contribution in [0.15, 0.2) is 12.2 Å². The molecule has 2 rings (SSSR count). The zero-order valence-electron chi connectivity index (χ0n) is 9.51. The van der Waals surface area contributed by atoms with Gasteiger partial charge in [0.15, 0.2) is 0 Å². The van der Waals surface area contributed by atoms with Gasteiger partial charge in [-0.25, -0.2) is 0 Å². The number of aliphatic hydroxyl groups excluding tert-OH is 1. The Balaban J connectivity index is 1.71. The normalized spacial score (nSPS) is 33.6. The Labute approximate surface area is 96.7 Å². The van der Waals surface area contributed by atoms with Gasteiger partial charge in [-0.3, -0.25) is 0 Å². The van der Waals surface area contributed by atoms with Crippen molar-refractivity contribution < 1.29 is 9.84 Å². The fourth-order valence-electron chi connectivity index (χ4n) is 2.63. The van der Waals surface area contributed by atoms with E-state index in [4.69, 9.17) is 10.00 Å². The van der Waals surface area contributed by atoms with Crippen LogP contribution in [0.1, 0.15) is 38.5 Å². The smallest absolute Gasteiger partial charge is 0.0643 e. The van der Waals surface area contributed by atoms with Gasteiger partial charge in [-0.15, -0.1) is 0 Å². The molecule has 1 fully saturated rings. The lowest BCUT2D eigenvalue weighted by Gasteiger charge is -2.16. The molecule has 0 spiro atoms. The molecule has 1 aliphatic heterocycles. The molecule has 4 atom stereocenters. The standard InChI is InChI=1S/C13H19NO2/c14-8-2-4-11(15)6-7-13-10-3-1-5-12(9-10)16-13/h1,3,10-13,15H,2,4-7,9H2/t10?,11?,12?,13-/m0/s1. The molecule has 0 amide bonds. The highest BCUT2D eigenvalue weighted by molar-refractivity contribution is 5.04. The van der Waals surface area contributed by atoms with Gasteiger partial charge in [-0.05, 0) is 32.1 Å². The SMILES string of the molecule is N#CCCC(O)CC[C@@H]1OC2CC=CC1C2. The second-order valence-corrected chi connectivity index (χ2v) is 4.79. The lowest BCUT2D eigenvalue weighted by Crippen LogP contribution is -2.17. The highest BCUT2D eigenvalue weighted by atomic mass is 16.5. The number of rotatable bonds is 5. The van der Waals surface area contributed by atoms with Gasteiger partial charge in [0.1, 0.15) is 0 Å². The van der Waals surface area contributed by atoms with Crippen LogP contribution in [-0.2, 0) is 4.74 Å². The summed E-state index contributed by atoms with van der Waals surface area (Å²) in [7, 11) is 0. The van der Waals surface area contributed by atoms with Crippen molar-refractivity contribution in [3.05, 3.63) is 12.2 Å². The molecule has 1 saturated heterocycles. The molecule has 0 saturated carbocycles. The third-order valence-electron chi connectivity index (χ3n) is 3.54. The second-order valence-electron chi connectivity index (χ2n) is 4.79. The van der Waals surface area contributed by atoms with Gasteiger partial charge in [0.25, 0.3) is 0 Å². The molecular formula is C13H19NO2. The highest BCUT2D eigenvalue weighted by Crippen LogP contribution is 2.35. The number of ether oxygens (including phenoxy) is 1. The summed E-state index contributed by atoms with van der Waals surface area (Å²) < 4.78 is 5.90. The molecule has 0 aromatic heterocycles. The average molecular weight is 221 g/mol. The van der Waals surface area contributed by atoms with E-state index in [0.717, 1.165) is 25.7 Å². The predicted molar refractivity (Wildman–Crippen MR) is 60.6 cm³/mol. The lowest BCUT2D eigenvalue weighted by molar-refractivity contribution is 0.0278. The van der Waals surface area contributed by atoms with Crippen LogP contribution in [0.2, 0.25) is 0 Å². The minimum Gasteiger partial charge on any atom is -0.393 e. The first-order chi connectivity index (χ1) is 7.79. The topological polar surface area (TPSA) is 53.2 Å². The van der Waals surface area contributed by atoms with Crippen molar-refractivity contribution in [1.29, 1.82) is 5.26 Å². The first kappa shape index (κ1) is 11.6. The number of hydrogen-bond donors (Lipinski definition) is 1. The van der Waals surface area contributed by atoms with Gasteiger partial charge in [-0.2, -0.15) is 5.26 Å². The second kappa shape index (κ2) is 5.47. The summed E-state index contributed by atoms with van der Waals surface area (Å²) in [4.78, 5) is 0. The van der Waals surface area contributed by atoms with E-state index in [2.05, 4.69) is 18.2 Å². The molecule has 1 heterocycles. The fraction of sp³-hybridized carbons (Fsp3) is 0.769. The van der Waals surface area contributed by atoms with Crippen molar-refractivity contribution in [1.82, 2.24) is 0 Å². The third kappa shape index (κ3) is 2.84. The van der Waals surface area contributed by atoms with Crippen LogP contribution in [-0.4, -0.2) is 23.4 Å². The summed E-state index contributed by atoms with van der Waals surface area (Å²) in [6, 6.07) is 2.06. The summed E-state index contributed by atoms with van der Waals surface area (Å²) in [6.45, 7) is 0. The first-order valence-electron chi connectivity index (χ1n) is 6.16. The Bertz CT molecular complexity index is 295. The fourth-order valence-corrected chi connectivity index (χ4v) is 2.63. The van der Waals surface area contributed by atoms with E-state index in [-0.39, 0.29) is 6.10 Å². The highest BCUT2D eigenvalue weighted by Gasteiger charge is 2.35. The van der Waals surface area contributed by atoms with E-state index in [1.165, 1.54) is 0 Å². The first-order valence-corrected chi connectivity index (χ1v) is 6.16. The number of fused-ring (bicyclic) bond motifs is 2. The van der Waals surface area contributed by atoms with E-state index in [0.29, 0.717) is 31.0 Å². The number of nitriles is 1. The zero-order valence-corrected chi connectivity index (χ0v) is 9.51. The molecule has 3 nitrogen and oxygen atoms in total. The van der Waals surface area contributed by atoms with E-state index in [1.807, 2.05) is 0 Å². The summed E-state index contributed by atoms with van der Waals surface area (Å²) in [6.07, 6.45) is 9.73. The minimum absolute atomic E-state index is 0.292. The quantitative estimate of drug-likeness (QED) is 0.724. The summed E-state index contributed by atoms with van der Waals surface area (Å²) in [5.41, 5.74) is 0. The summed E-state index contributed by atoms with van der Waals surface area (Å²) >= 11 is 0. The molecule has 2 bridgehead atoms. The Morgan fingerprint density at radius 3 is 3.12 bits per heavy atom. The molecule has 0 aromatic rings. The van der Waals surface area contributed by atoms with Crippen molar-refractivity contribution in [3.63, 3.8) is 0 Å². The van der Waals surface area contributed by atoms with Gasteiger partial charge in [0.05, 0.1) is 24.4 Å². The van der Waals surface area contributed by atoms with E-state index >= 15 is 0 Å². The van der Waals surface area contributed by atoms with Gasteiger partial charge < -0.3 is 9.84 Å². The van der Waals surface area contributed by atoms with Crippen molar-refractivity contribution in [2.75, 3.05) is 0 Å². The monoisotopic (exact) mass is 221 g/mol. The Hall–Kier alpha value is -0.850. The minimum atomic E-state index is -0.340. The van der Waals surface area contributed by atoms with E-state index < -0.39 is 0 Å². The molecule has 2 aliphatic rings. The van der Waals surface area contributed by atoms with E-state index in [1.54, 1.807) is 0 Å². The van der Waals surface area contributed by atoms with Crippen LogP contribution >= 0.6 is 0 Å². The van der Waals surface area contributed by atoms with Crippen LogP contribution in [0.4, 0.5) is 0 Å². The number of aliphatic hydroxyl groups is 1. The van der Waals surface area contributed by atoms with Gasteiger partial charge in [-0.1, -0.05) is 12.2 Å². The molecule has 88 valence electrons. The van der Waals surface area contributed by atoms with Crippen LogP contribution < -0.4 is 0 Å². The summed E-state index contributed by atoms with van der Waals surface area (Å²) in [5, 5.41) is 18.1. The maximum atomic E-state index is 9.66. The molecule has 3 heteroatoms. The van der Waals surface area contributed by atoms with E-state index in [9.17, 15) is 5.11 Å². The van der Waals surface area contributed by atoms with Crippen LogP contribution in [0.3, 0.4) is 0 Å². The average Bonchev–Trinajstić information content (AvgIpc) is 2.58. The van der Waals surface area contributed by atoms with Gasteiger partial charge >= 0.3 is 0 Å². The maximum Gasteiger partial charge on any atom is 0.0643 e. The van der Waals surface area contributed by atoms with Gasteiger partial charge in [0, 0.05) is 12.3 Å². The summed E-state index contributed by atoms with van der Waals surface area (Å²) in [5.74, 6) is 0.557. The van der Waals surface area contributed by atoms with Crippen molar-refractivity contribution >= 4 is 0 Å². The Kier molecular flexibility index (Phi) is 3.98. The molecule has 1 N–H and O–H groups in total. The molecule has 0 radical (unpaired) electrons. The van der Waals surface area contributed by atoms with Crippen LogP contribution in [0.5, 0.6) is 0 Å². The van der Waals surface area contributed by atoms with Crippen molar-refractivity contribution in [3.8, 4) is 6.07 Å². The van der Waals surface area contributed by atoms with Crippen LogP contribution in [0.25, 0.3) is 0 Å². The van der Waals surface area contributed by atoms with Crippen LogP contribution in [0, 0.1) is 17.2 Å².